The van der Waals surface area contributed by atoms with E-state index in [2.05, 4.69) is 6.07 Å². The molecule has 0 aromatic heterocycles. The lowest BCUT2D eigenvalue weighted by Crippen LogP contribution is -2.08. The maximum atomic E-state index is 12.4. The van der Waals surface area contributed by atoms with Gasteiger partial charge in [0.05, 0.1) is 6.42 Å². The predicted molar refractivity (Wildman–Crippen MR) is 98.4 cm³/mol. The third-order valence-electron chi connectivity index (χ3n) is 3.82. The van der Waals surface area contributed by atoms with Crippen LogP contribution in [0.25, 0.3) is 10.8 Å². The molecule has 3 aromatic carbocycles. The van der Waals surface area contributed by atoms with Gasteiger partial charge < -0.3 is 0 Å². The Kier molecular flexibility index (Phi) is 4.70. The van der Waals surface area contributed by atoms with E-state index in [1.165, 1.54) is 12.1 Å². The fraction of sp³-hybridized carbons (Fsp3) is 0.100. The first-order valence-corrected chi connectivity index (χ1v) is 8.21. The van der Waals surface area contributed by atoms with Crippen LogP contribution in [0, 0.1) is 6.92 Å². The number of carbonyl (C=O) groups excluding carboxylic acids is 2. The van der Waals surface area contributed by atoms with E-state index < -0.39 is 0 Å². The van der Waals surface area contributed by atoms with Gasteiger partial charge in [-0.2, -0.15) is 0 Å². The zero-order valence-corrected chi connectivity index (χ0v) is 14.5. The van der Waals surface area contributed by atoms with E-state index >= 15 is 0 Å². The number of carbonyl (C=O) groups is 2. The summed E-state index contributed by atoms with van der Waals surface area (Å²) in [4.78, 5) is 24.7. The van der Waals surface area contributed by atoms with Gasteiger partial charge in [-0.3, -0.25) is 9.59 Å². The topological polar surface area (TPSA) is 34.1 Å². The number of ketones is 2. The quantitative estimate of drug-likeness (QED) is 0.430. The van der Waals surface area contributed by atoms with Crippen LogP contribution < -0.4 is 0 Å². The summed E-state index contributed by atoms with van der Waals surface area (Å²) in [5.74, 6) is -0.521. The number of halogens is 2. The van der Waals surface area contributed by atoms with Crippen molar-refractivity contribution < 1.29 is 9.59 Å². The van der Waals surface area contributed by atoms with Gasteiger partial charge in [0.25, 0.3) is 0 Å². The molecule has 0 spiro atoms. The van der Waals surface area contributed by atoms with Gasteiger partial charge in [-0.15, -0.1) is 0 Å². The third-order valence-corrected chi connectivity index (χ3v) is 4.26. The average Bonchev–Trinajstić information content (AvgIpc) is 2.53. The van der Waals surface area contributed by atoms with Gasteiger partial charge >= 0.3 is 0 Å². The maximum absolute atomic E-state index is 12.4. The van der Waals surface area contributed by atoms with Crippen molar-refractivity contribution in [3.8, 4) is 0 Å². The number of benzene rings is 3. The molecule has 0 amide bonds. The molecule has 0 fully saturated rings. The summed E-state index contributed by atoms with van der Waals surface area (Å²) in [5, 5.41) is 2.79. The highest BCUT2D eigenvalue weighted by atomic mass is 35.5. The molecule has 0 aliphatic rings. The van der Waals surface area contributed by atoms with Gasteiger partial charge in [-0.1, -0.05) is 59.1 Å². The Labute approximate surface area is 150 Å². The van der Waals surface area contributed by atoms with Crippen molar-refractivity contribution in [1.29, 1.82) is 0 Å². The van der Waals surface area contributed by atoms with E-state index in [0.717, 1.165) is 16.3 Å². The van der Waals surface area contributed by atoms with Gasteiger partial charge in [0.15, 0.2) is 11.6 Å². The van der Waals surface area contributed by atoms with Crippen molar-refractivity contribution in [2.75, 3.05) is 0 Å². The van der Waals surface area contributed by atoms with Crippen LogP contribution in [0.5, 0.6) is 0 Å². The zero-order valence-electron chi connectivity index (χ0n) is 13.0. The van der Waals surface area contributed by atoms with Crippen molar-refractivity contribution in [3.05, 3.63) is 81.3 Å². The largest absolute Gasteiger partial charge is 0.294 e. The number of Topliss-reactive ketones (excluding diaryl/α,β-unsaturated/α-hetero) is 2. The van der Waals surface area contributed by atoms with E-state index in [4.69, 9.17) is 23.2 Å². The summed E-state index contributed by atoms with van der Waals surface area (Å²) in [6, 6.07) is 16.1. The molecule has 4 heteroatoms. The second-order valence-corrected chi connectivity index (χ2v) is 6.62. The highest BCUT2D eigenvalue weighted by Gasteiger charge is 2.15. The second-order valence-electron chi connectivity index (χ2n) is 5.75. The van der Waals surface area contributed by atoms with Crippen molar-refractivity contribution in [1.82, 2.24) is 0 Å². The minimum absolute atomic E-state index is 0.214. The average molecular weight is 357 g/mol. The molecule has 3 aromatic rings. The highest BCUT2D eigenvalue weighted by Crippen LogP contribution is 2.22. The first-order valence-electron chi connectivity index (χ1n) is 7.45. The highest BCUT2D eigenvalue weighted by molar-refractivity contribution is 6.35. The smallest absolute Gasteiger partial charge is 0.170 e. The number of fused-ring (bicyclic) bond motifs is 1. The van der Waals surface area contributed by atoms with Crippen LogP contribution in [0.15, 0.2) is 54.6 Å². The fourth-order valence-electron chi connectivity index (χ4n) is 2.60. The molecule has 120 valence electrons. The van der Waals surface area contributed by atoms with Gasteiger partial charge in [-0.05, 0) is 42.0 Å². The first-order chi connectivity index (χ1) is 11.4. The van der Waals surface area contributed by atoms with Crippen LogP contribution in [-0.2, 0) is 0 Å². The van der Waals surface area contributed by atoms with Crippen molar-refractivity contribution >= 4 is 45.5 Å². The molecule has 0 radical (unpaired) electrons. The van der Waals surface area contributed by atoms with Gasteiger partial charge in [-0.25, -0.2) is 0 Å². The van der Waals surface area contributed by atoms with Gasteiger partial charge in [0.2, 0.25) is 0 Å². The van der Waals surface area contributed by atoms with Crippen molar-refractivity contribution in [2.24, 2.45) is 0 Å². The van der Waals surface area contributed by atoms with E-state index in [-0.39, 0.29) is 18.0 Å². The first kappa shape index (κ1) is 16.7. The number of rotatable bonds is 4. The van der Waals surface area contributed by atoms with E-state index in [0.29, 0.717) is 21.2 Å². The lowest BCUT2D eigenvalue weighted by Gasteiger charge is -2.05. The zero-order chi connectivity index (χ0) is 17.3. The van der Waals surface area contributed by atoms with E-state index in [9.17, 15) is 9.59 Å². The SMILES string of the molecule is Cc1ccc2cc(C(=O)CC(=O)c3cc(Cl)cc(Cl)c3)ccc2c1. The van der Waals surface area contributed by atoms with Gasteiger partial charge in [0.1, 0.15) is 0 Å². The molecule has 2 nitrogen and oxygen atoms in total. The van der Waals surface area contributed by atoms with Crippen LogP contribution in [0.3, 0.4) is 0 Å². The summed E-state index contributed by atoms with van der Waals surface area (Å²) >= 11 is 11.8. The lowest BCUT2D eigenvalue weighted by atomic mass is 9.98. The molecule has 0 atom stereocenters. The van der Waals surface area contributed by atoms with E-state index in [1.54, 1.807) is 12.1 Å². The number of hydrogen-bond acceptors (Lipinski definition) is 2. The Morgan fingerprint density at radius 2 is 1.33 bits per heavy atom. The van der Waals surface area contributed by atoms with E-state index in [1.807, 2.05) is 31.2 Å². The maximum Gasteiger partial charge on any atom is 0.170 e. The minimum Gasteiger partial charge on any atom is -0.294 e. The molecule has 0 unspecified atom stereocenters. The normalized spacial score (nSPS) is 10.8. The molecule has 0 heterocycles. The second kappa shape index (κ2) is 6.76. The van der Waals surface area contributed by atoms with Crippen molar-refractivity contribution in [2.45, 2.75) is 13.3 Å². The molecule has 0 bridgehead atoms. The molecule has 0 aliphatic carbocycles. The molecular weight excluding hydrogens is 343 g/mol. The standard InChI is InChI=1S/C20H14Cl2O2/c1-12-2-3-14-7-15(5-4-13(14)6-12)19(23)11-20(24)16-8-17(21)10-18(22)9-16/h2-10H,11H2,1H3. The summed E-state index contributed by atoms with van der Waals surface area (Å²) in [6.45, 7) is 2.02. The molecule has 3 rings (SSSR count). The molecule has 24 heavy (non-hydrogen) atoms. The number of hydrogen-bond donors (Lipinski definition) is 0. The van der Waals surface area contributed by atoms with Crippen molar-refractivity contribution in [3.63, 3.8) is 0 Å². The van der Waals surface area contributed by atoms with Crippen LogP contribution in [0.4, 0.5) is 0 Å². The molecule has 0 saturated carbocycles. The Bertz CT molecular complexity index is 941. The van der Waals surface area contributed by atoms with Crippen LogP contribution in [0.2, 0.25) is 10.0 Å². The Balaban J connectivity index is 1.84. The summed E-state index contributed by atoms with van der Waals surface area (Å²) in [5.41, 5.74) is 2.03. The third kappa shape index (κ3) is 3.66. The Morgan fingerprint density at radius 1 is 0.750 bits per heavy atom. The predicted octanol–water partition coefficient (Wildman–Crippen LogP) is 5.91. The number of aryl methyl sites for hydroxylation is 1. The minimum atomic E-state index is -0.298. The monoisotopic (exact) mass is 356 g/mol. The van der Waals surface area contributed by atoms with Crippen LogP contribution >= 0.6 is 23.2 Å². The van der Waals surface area contributed by atoms with Crippen LogP contribution in [-0.4, -0.2) is 11.6 Å². The fourth-order valence-corrected chi connectivity index (χ4v) is 3.13. The van der Waals surface area contributed by atoms with Crippen LogP contribution in [0.1, 0.15) is 32.7 Å². The summed E-state index contributed by atoms with van der Waals surface area (Å²) < 4.78 is 0. The molecule has 0 saturated heterocycles. The molecule has 0 aliphatic heterocycles. The molecule has 0 N–H and O–H groups in total. The summed E-state index contributed by atoms with van der Waals surface area (Å²) in [6.07, 6.45) is -0.214. The molecular formula is C20H14Cl2O2. The Morgan fingerprint density at radius 3 is 2.04 bits per heavy atom. The van der Waals surface area contributed by atoms with Gasteiger partial charge in [0, 0.05) is 21.2 Å². The lowest BCUT2D eigenvalue weighted by molar-refractivity contribution is 0.0894. The Hall–Kier alpha value is -2.16. The summed E-state index contributed by atoms with van der Waals surface area (Å²) in [7, 11) is 0.